The van der Waals surface area contributed by atoms with E-state index in [2.05, 4.69) is 15.1 Å². The minimum atomic E-state index is -0.870. The molecule has 11 nitrogen and oxygen atoms in total. The molecule has 1 saturated heterocycles. The number of rotatable bonds is 13. The molecular weight excluding hydrogens is 564 g/mol. The Morgan fingerprint density at radius 3 is 2.16 bits per heavy atom. The van der Waals surface area contributed by atoms with Gasteiger partial charge in [-0.2, -0.15) is 0 Å². The predicted octanol–water partition coefficient (Wildman–Crippen LogP) is 4.33. The monoisotopic (exact) mass is 606 g/mol. The van der Waals surface area contributed by atoms with E-state index in [-0.39, 0.29) is 30.0 Å². The number of benzene rings is 2. The molecule has 236 valence electrons. The molecule has 44 heavy (non-hydrogen) atoms. The molecule has 0 aliphatic carbocycles. The first-order valence-corrected chi connectivity index (χ1v) is 15.1. The van der Waals surface area contributed by atoms with Crippen molar-refractivity contribution >= 4 is 17.6 Å². The van der Waals surface area contributed by atoms with E-state index in [0.717, 1.165) is 50.6 Å². The summed E-state index contributed by atoms with van der Waals surface area (Å²) in [5.41, 5.74) is 2.96. The number of dihydropyridines is 1. The molecular formula is C33H42N4O7. The van der Waals surface area contributed by atoms with Gasteiger partial charge in [0.25, 0.3) is 5.69 Å². The minimum absolute atomic E-state index is 0.133. The highest BCUT2D eigenvalue weighted by Crippen LogP contribution is 2.40. The summed E-state index contributed by atoms with van der Waals surface area (Å²) in [7, 11) is 0. The summed E-state index contributed by atoms with van der Waals surface area (Å²) < 4.78 is 17.0. The number of ether oxygens (including phenoxy) is 3. The van der Waals surface area contributed by atoms with Crippen LogP contribution in [0.15, 0.2) is 71.1 Å². The number of hydrogen-bond donors (Lipinski definition) is 1. The van der Waals surface area contributed by atoms with Crippen molar-refractivity contribution in [2.24, 2.45) is 0 Å². The van der Waals surface area contributed by atoms with Crippen LogP contribution in [0.4, 0.5) is 5.69 Å². The number of esters is 2. The van der Waals surface area contributed by atoms with Gasteiger partial charge in [0.2, 0.25) is 0 Å². The minimum Gasteiger partial charge on any atom is -0.492 e. The van der Waals surface area contributed by atoms with Gasteiger partial charge in [-0.05, 0) is 51.3 Å². The lowest BCUT2D eigenvalue weighted by Gasteiger charge is -2.34. The number of hydrogen-bond acceptors (Lipinski definition) is 10. The average Bonchev–Trinajstić information content (AvgIpc) is 3.00. The van der Waals surface area contributed by atoms with E-state index in [4.69, 9.17) is 14.2 Å². The van der Waals surface area contributed by atoms with E-state index >= 15 is 0 Å². The lowest BCUT2D eigenvalue weighted by Crippen LogP contribution is -2.47. The zero-order valence-corrected chi connectivity index (χ0v) is 26.0. The number of carbonyl (C=O) groups excluding carboxylic acids is 2. The number of para-hydroxylation sites is 1. The molecule has 4 rings (SSSR count). The molecule has 0 spiro atoms. The number of piperazine rings is 1. The molecule has 2 aliphatic rings. The highest BCUT2D eigenvalue weighted by molar-refractivity contribution is 6.00. The van der Waals surface area contributed by atoms with Gasteiger partial charge in [-0.15, -0.1) is 0 Å². The van der Waals surface area contributed by atoms with Crippen LogP contribution in [0.25, 0.3) is 0 Å². The summed E-state index contributed by atoms with van der Waals surface area (Å²) in [4.78, 5) is 42.3. The molecule has 0 amide bonds. The highest BCUT2D eigenvalue weighted by atomic mass is 16.6. The Bertz CT molecular complexity index is 1410. The second-order valence-electron chi connectivity index (χ2n) is 11.0. The number of non-ortho nitro benzene ring substituents is 1. The van der Waals surface area contributed by atoms with E-state index in [9.17, 15) is 19.7 Å². The van der Waals surface area contributed by atoms with Crippen LogP contribution in [0.1, 0.15) is 44.2 Å². The molecule has 1 fully saturated rings. The fraction of sp³-hybridized carbons (Fsp3) is 0.455. The van der Waals surface area contributed by atoms with Crippen LogP contribution in [-0.2, 0) is 19.1 Å². The molecule has 0 radical (unpaired) electrons. The Balaban J connectivity index is 1.31. The average molecular weight is 607 g/mol. The third kappa shape index (κ3) is 8.23. The molecule has 0 aromatic heterocycles. The molecule has 2 aliphatic heterocycles. The van der Waals surface area contributed by atoms with Crippen LogP contribution in [0.5, 0.6) is 5.75 Å². The Labute approximate surface area is 258 Å². The van der Waals surface area contributed by atoms with Crippen molar-refractivity contribution in [3.05, 3.63) is 92.3 Å². The van der Waals surface area contributed by atoms with E-state index in [1.165, 1.54) is 12.1 Å². The van der Waals surface area contributed by atoms with E-state index in [1.54, 1.807) is 32.9 Å². The molecule has 2 heterocycles. The van der Waals surface area contributed by atoms with Crippen LogP contribution in [-0.4, -0.2) is 85.8 Å². The van der Waals surface area contributed by atoms with Crippen molar-refractivity contribution in [2.45, 2.75) is 40.0 Å². The summed E-state index contributed by atoms with van der Waals surface area (Å²) in [6.07, 6.45) is 0.656. The molecule has 1 N–H and O–H groups in total. The quantitative estimate of drug-likeness (QED) is 0.153. The van der Waals surface area contributed by atoms with Crippen LogP contribution in [0, 0.1) is 17.0 Å². The highest BCUT2D eigenvalue weighted by Gasteiger charge is 2.38. The fourth-order valence-electron chi connectivity index (χ4n) is 5.67. The van der Waals surface area contributed by atoms with Crippen molar-refractivity contribution in [1.82, 2.24) is 15.1 Å². The van der Waals surface area contributed by atoms with Crippen molar-refractivity contribution in [1.29, 1.82) is 0 Å². The van der Waals surface area contributed by atoms with Crippen LogP contribution in [0.3, 0.4) is 0 Å². The molecule has 1 atom stereocenters. The van der Waals surface area contributed by atoms with Gasteiger partial charge in [0.05, 0.1) is 35.2 Å². The zero-order valence-electron chi connectivity index (χ0n) is 26.0. The van der Waals surface area contributed by atoms with Crippen LogP contribution >= 0.6 is 0 Å². The smallest absolute Gasteiger partial charge is 0.336 e. The van der Waals surface area contributed by atoms with Crippen LogP contribution < -0.4 is 10.1 Å². The van der Waals surface area contributed by atoms with Crippen LogP contribution in [0.2, 0.25) is 0 Å². The second kappa shape index (κ2) is 15.5. The first-order valence-electron chi connectivity index (χ1n) is 15.1. The zero-order chi connectivity index (χ0) is 31.6. The first-order chi connectivity index (χ1) is 21.2. The first kappa shape index (κ1) is 32.7. The van der Waals surface area contributed by atoms with Gasteiger partial charge in [-0.1, -0.05) is 30.3 Å². The summed E-state index contributed by atoms with van der Waals surface area (Å²) >= 11 is 0. The lowest BCUT2D eigenvalue weighted by molar-refractivity contribution is -0.384. The summed E-state index contributed by atoms with van der Waals surface area (Å²) in [5, 5.41) is 14.6. The summed E-state index contributed by atoms with van der Waals surface area (Å²) in [6.45, 7) is 13.6. The van der Waals surface area contributed by atoms with Gasteiger partial charge < -0.3 is 24.4 Å². The summed E-state index contributed by atoms with van der Waals surface area (Å²) in [6, 6.07) is 14.0. The standard InChI is InChI=1S/C33H42N4O7/c1-5-42-32(38)29-24(3)34-25(4)30(31(29)26-11-8-12-27(22-26)37(40)41)33(39)44-20-9-14-35-15-17-36(18-16-35)19-21-43-28-13-7-6-10-23(28)2/h6-8,10-13,22,31,34H,5,9,14-21H2,1-4H3. The molecule has 2 aromatic carbocycles. The van der Waals surface area contributed by atoms with E-state index in [1.807, 2.05) is 31.2 Å². The largest absolute Gasteiger partial charge is 0.492 e. The van der Waals surface area contributed by atoms with Crippen molar-refractivity contribution in [3.8, 4) is 5.75 Å². The van der Waals surface area contributed by atoms with Crippen molar-refractivity contribution in [2.75, 3.05) is 59.1 Å². The maximum atomic E-state index is 13.5. The topological polar surface area (TPSA) is 123 Å². The van der Waals surface area contributed by atoms with Crippen molar-refractivity contribution < 1.29 is 28.7 Å². The number of nitro groups is 1. The Morgan fingerprint density at radius 1 is 0.886 bits per heavy atom. The second-order valence-corrected chi connectivity index (χ2v) is 11.0. The van der Waals surface area contributed by atoms with Gasteiger partial charge in [-0.25, -0.2) is 9.59 Å². The number of nitrogens with zero attached hydrogens (tertiary/aromatic N) is 3. The number of aryl methyl sites for hydroxylation is 1. The Hall–Kier alpha value is -4.22. The maximum absolute atomic E-state index is 13.5. The maximum Gasteiger partial charge on any atom is 0.336 e. The molecule has 0 saturated carbocycles. The third-order valence-corrected chi connectivity index (χ3v) is 7.97. The van der Waals surface area contributed by atoms with Gasteiger partial charge in [-0.3, -0.25) is 15.0 Å². The normalized spacial score (nSPS) is 17.7. The fourth-order valence-corrected chi connectivity index (χ4v) is 5.67. The molecule has 0 bridgehead atoms. The SMILES string of the molecule is CCOC(=O)C1=C(C)NC(C)=C(C(=O)OCCCN2CCN(CCOc3ccccc3C)CC2)C1c1cccc([N+](=O)[O-])c1. The number of carbonyl (C=O) groups is 2. The van der Waals surface area contributed by atoms with E-state index < -0.39 is 22.8 Å². The molecule has 1 unspecified atom stereocenters. The third-order valence-electron chi connectivity index (χ3n) is 7.97. The van der Waals surface area contributed by atoms with Gasteiger partial charge in [0.1, 0.15) is 12.4 Å². The number of allylic oxidation sites excluding steroid dienone is 2. The molecule has 2 aromatic rings. The van der Waals surface area contributed by atoms with E-state index in [0.29, 0.717) is 30.0 Å². The van der Waals surface area contributed by atoms with Gasteiger partial charge >= 0.3 is 11.9 Å². The lowest BCUT2D eigenvalue weighted by atomic mass is 9.80. The predicted molar refractivity (Wildman–Crippen MR) is 166 cm³/mol. The Morgan fingerprint density at radius 2 is 1.52 bits per heavy atom. The molecule has 11 heteroatoms. The Kier molecular flexibility index (Phi) is 11.5. The summed E-state index contributed by atoms with van der Waals surface area (Å²) in [5.74, 6) is -1.10. The van der Waals surface area contributed by atoms with Gasteiger partial charge in [0.15, 0.2) is 0 Å². The number of nitro benzene ring substituents is 1. The van der Waals surface area contributed by atoms with Gasteiger partial charge in [0, 0.05) is 62.8 Å². The van der Waals surface area contributed by atoms with Crippen molar-refractivity contribution in [3.63, 3.8) is 0 Å². The number of nitrogens with one attached hydrogen (secondary N) is 1.